The Morgan fingerprint density at radius 3 is 2.57 bits per heavy atom. The topological polar surface area (TPSA) is 41.5 Å². The average molecular weight is 305 g/mol. The van der Waals surface area contributed by atoms with Crippen molar-refractivity contribution >= 4 is 11.3 Å². The molecule has 2 unspecified atom stereocenters. The lowest BCUT2D eigenvalue weighted by Crippen LogP contribution is -2.33. The number of aryl methyl sites for hydroxylation is 2. The van der Waals surface area contributed by atoms with E-state index in [1.165, 1.54) is 15.3 Å². The number of aliphatic hydroxyl groups is 1. The van der Waals surface area contributed by atoms with Crippen LogP contribution in [0, 0.1) is 13.8 Å². The molecule has 0 aliphatic rings. The van der Waals surface area contributed by atoms with Crippen molar-refractivity contribution in [1.82, 2.24) is 5.32 Å². The van der Waals surface area contributed by atoms with Crippen molar-refractivity contribution < 1.29 is 9.84 Å². The molecule has 4 heteroatoms. The Bertz CT molecular complexity index is 553. The summed E-state index contributed by atoms with van der Waals surface area (Å²) in [4.78, 5) is 2.66. The number of ether oxygens (including phenoxy) is 1. The number of hydrogen-bond acceptors (Lipinski definition) is 4. The van der Waals surface area contributed by atoms with Crippen LogP contribution >= 0.6 is 11.3 Å². The first kappa shape index (κ1) is 16.0. The highest BCUT2D eigenvalue weighted by Gasteiger charge is 2.13. The van der Waals surface area contributed by atoms with E-state index >= 15 is 0 Å². The smallest absolute Gasteiger partial charge is 0.119 e. The zero-order valence-corrected chi connectivity index (χ0v) is 13.6. The zero-order chi connectivity index (χ0) is 15.2. The minimum atomic E-state index is -0.521. The van der Waals surface area contributed by atoms with E-state index in [4.69, 9.17) is 4.74 Å². The molecule has 21 heavy (non-hydrogen) atoms. The molecule has 0 fully saturated rings. The number of para-hydroxylation sites is 1. The average Bonchev–Trinajstić information content (AvgIpc) is 2.82. The van der Waals surface area contributed by atoms with Crippen molar-refractivity contribution in [3.8, 4) is 5.75 Å². The number of aliphatic hydroxyl groups excluding tert-OH is 1. The van der Waals surface area contributed by atoms with Gasteiger partial charge in [-0.2, -0.15) is 0 Å². The van der Waals surface area contributed by atoms with Gasteiger partial charge >= 0.3 is 0 Å². The van der Waals surface area contributed by atoms with Crippen LogP contribution < -0.4 is 10.1 Å². The molecular formula is C17H23NO2S. The van der Waals surface area contributed by atoms with Gasteiger partial charge in [-0.1, -0.05) is 18.2 Å². The summed E-state index contributed by atoms with van der Waals surface area (Å²) in [5.74, 6) is 0.786. The van der Waals surface area contributed by atoms with Gasteiger partial charge in [0.25, 0.3) is 0 Å². The van der Waals surface area contributed by atoms with Crippen molar-refractivity contribution in [2.45, 2.75) is 32.9 Å². The van der Waals surface area contributed by atoms with E-state index < -0.39 is 6.10 Å². The third kappa shape index (κ3) is 4.84. The number of nitrogens with one attached hydrogen (secondary N) is 1. The minimum absolute atomic E-state index is 0.237. The standard InChI is InChI=1S/C17H23NO2S/c1-12-9-17(14(3)21-12)13(2)18-10-15(19)11-20-16-7-5-4-6-8-16/h4-9,13,15,18-19H,10-11H2,1-3H3. The van der Waals surface area contributed by atoms with Crippen molar-refractivity contribution in [1.29, 1.82) is 0 Å². The second-order valence-electron chi connectivity index (χ2n) is 5.28. The molecule has 2 atom stereocenters. The molecule has 1 aromatic carbocycles. The molecule has 114 valence electrons. The summed E-state index contributed by atoms with van der Waals surface area (Å²) in [6.07, 6.45) is -0.521. The van der Waals surface area contributed by atoms with Crippen LogP contribution in [-0.2, 0) is 0 Å². The molecule has 0 radical (unpaired) electrons. The summed E-state index contributed by atoms with van der Waals surface area (Å²) in [6, 6.07) is 12.0. The van der Waals surface area contributed by atoms with Gasteiger partial charge in [0.1, 0.15) is 18.5 Å². The van der Waals surface area contributed by atoms with E-state index in [2.05, 4.69) is 32.2 Å². The summed E-state index contributed by atoms with van der Waals surface area (Å²) in [7, 11) is 0. The van der Waals surface area contributed by atoms with Gasteiger partial charge in [-0.25, -0.2) is 0 Å². The van der Waals surface area contributed by atoms with E-state index in [0.29, 0.717) is 13.2 Å². The quantitative estimate of drug-likeness (QED) is 0.823. The lowest BCUT2D eigenvalue weighted by molar-refractivity contribution is 0.104. The van der Waals surface area contributed by atoms with Crippen LogP contribution in [0.25, 0.3) is 0 Å². The largest absolute Gasteiger partial charge is 0.491 e. The van der Waals surface area contributed by atoms with Gasteiger partial charge in [0, 0.05) is 22.3 Å². The van der Waals surface area contributed by atoms with Gasteiger partial charge in [-0.3, -0.25) is 0 Å². The fourth-order valence-electron chi connectivity index (χ4n) is 2.27. The van der Waals surface area contributed by atoms with Gasteiger partial charge in [0.15, 0.2) is 0 Å². The van der Waals surface area contributed by atoms with Crippen molar-refractivity contribution in [3.05, 3.63) is 51.7 Å². The molecule has 0 bridgehead atoms. The number of thiophene rings is 1. The Balaban J connectivity index is 1.76. The van der Waals surface area contributed by atoms with Gasteiger partial charge in [0.05, 0.1) is 0 Å². The van der Waals surface area contributed by atoms with Crippen molar-refractivity contribution in [3.63, 3.8) is 0 Å². The van der Waals surface area contributed by atoms with E-state index in [1.54, 1.807) is 0 Å². The molecule has 1 heterocycles. The molecule has 0 aliphatic heterocycles. The SMILES string of the molecule is Cc1cc(C(C)NCC(O)COc2ccccc2)c(C)s1. The summed E-state index contributed by atoms with van der Waals surface area (Å²) in [5.41, 5.74) is 1.31. The second-order valence-corrected chi connectivity index (χ2v) is 6.74. The molecule has 1 aromatic heterocycles. The third-order valence-corrected chi connectivity index (χ3v) is 4.37. The van der Waals surface area contributed by atoms with Crippen LogP contribution in [0.4, 0.5) is 0 Å². The number of rotatable bonds is 7. The van der Waals surface area contributed by atoms with Crippen LogP contribution in [0.5, 0.6) is 5.75 Å². The van der Waals surface area contributed by atoms with Gasteiger partial charge in [-0.15, -0.1) is 11.3 Å². The normalized spacial score (nSPS) is 13.9. The molecular weight excluding hydrogens is 282 g/mol. The van der Waals surface area contributed by atoms with Crippen LogP contribution in [0.15, 0.2) is 36.4 Å². The van der Waals surface area contributed by atoms with Crippen molar-refractivity contribution in [2.75, 3.05) is 13.2 Å². The Kier molecular flexibility index (Phi) is 5.79. The van der Waals surface area contributed by atoms with Gasteiger partial charge < -0.3 is 15.2 Å². The fourth-order valence-corrected chi connectivity index (χ4v) is 3.29. The molecule has 2 N–H and O–H groups in total. The predicted octanol–water partition coefficient (Wildman–Crippen LogP) is 3.46. The number of hydrogen-bond donors (Lipinski definition) is 2. The van der Waals surface area contributed by atoms with Crippen LogP contribution in [0.1, 0.15) is 28.3 Å². The Morgan fingerprint density at radius 1 is 1.24 bits per heavy atom. The molecule has 0 spiro atoms. The number of benzene rings is 1. The van der Waals surface area contributed by atoms with E-state index in [0.717, 1.165) is 5.75 Å². The highest BCUT2D eigenvalue weighted by molar-refractivity contribution is 7.12. The van der Waals surface area contributed by atoms with Crippen LogP contribution in [0.2, 0.25) is 0 Å². The minimum Gasteiger partial charge on any atom is -0.491 e. The monoisotopic (exact) mass is 305 g/mol. The van der Waals surface area contributed by atoms with Gasteiger partial charge in [0.2, 0.25) is 0 Å². The van der Waals surface area contributed by atoms with Crippen LogP contribution in [0.3, 0.4) is 0 Å². The summed E-state index contributed by atoms with van der Waals surface area (Å²) < 4.78 is 5.55. The molecule has 0 saturated carbocycles. The van der Waals surface area contributed by atoms with Gasteiger partial charge in [-0.05, 0) is 44.5 Å². The summed E-state index contributed by atoms with van der Waals surface area (Å²) in [6.45, 7) is 7.20. The van der Waals surface area contributed by atoms with E-state index in [-0.39, 0.29) is 6.04 Å². The Labute approximate surface area is 130 Å². The molecule has 0 saturated heterocycles. The molecule has 0 amide bonds. The maximum atomic E-state index is 10.00. The third-order valence-electron chi connectivity index (χ3n) is 3.39. The fraction of sp³-hybridized carbons (Fsp3) is 0.412. The molecule has 2 aromatic rings. The first-order chi connectivity index (χ1) is 10.1. The molecule has 2 rings (SSSR count). The highest BCUT2D eigenvalue weighted by Crippen LogP contribution is 2.25. The molecule has 0 aliphatic carbocycles. The summed E-state index contributed by atoms with van der Waals surface area (Å²) >= 11 is 1.81. The zero-order valence-electron chi connectivity index (χ0n) is 12.8. The Morgan fingerprint density at radius 2 is 1.95 bits per heavy atom. The predicted molar refractivity (Wildman–Crippen MR) is 88.2 cm³/mol. The first-order valence-electron chi connectivity index (χ1n) is 7.22. The second kappa shape index (κ2) is 7.59. The van der Waals surface area contributed by atoms with Crippen molar-refractivity contribution in [2.24, 2.45) is 0 Å². The van der Waals surface area contributed by atoms with E-state index in [1.807, 2.05) is 41.7 Å². The summed E-state index contributed by atoms with van der Waals surface area (Å²) in [5, 5.41) is 13.4. The highest BCUT2D eigenvalue weighted by atomic mass is 32.1. The lowest BCUT2D eigenvalue weighted by Gasteiger charge is -2.17. The van der Waals surface area contributed by atoms with E-state index in [9.17, 15) is 5.11 Å². The molecule has 3 nitrogen and oxygen atoms in total. The first-order valence-corrected chi connectivity index (χ1v) is 8.04. The van der Waals surface area contributed by atoms with Crippen LogP contribution in [-0.4, -0.2) is 24.4 Å². The maximum Gasteiger partial charge on any atom is 0.119 e. The lowest BCUT2D eigenvalue weighted by atomic mass is 10.1. The Hall–Kier alpha value is -1.36. The maximum absolute atomic E-state index is 10.00.